The third kappa shape index (κ3) is 3.50. The van der Waals surface area contributed by atoms with Gasteiger partial charge in [-0.3, -0.25) is 0 Å². The highest BCUT2D eigenvalue weighted by molar-refractivity contribution is 9.11. The number of hydrogen-bond acceptors (Lipinski definition) is 1. The molecule has 0 radical (unpaired) electrons. The van der Waals surface area contributed by atoms with Crippen LogP contribution >= 0.6 is 43.5 Å². The fraction of sp³-hybridized carbons (Fsp3) is 0.143. The van der Waals surface area contributed by atoms with Gasteiger partial charge in [0.15, 0.2) is 0 Å². The third-order valence-corrected chi connectivity index (χ3v) is 4.09. The predicted molar refractivity (Wildman–Crippen MR) is 85.3 cm³/mol. The summed E-state index contributed by atoms with van der Waals surface area (Å²) in [7, 11) is 0. The molecule has 0 aromatic heterocycles. The first kappa shape index (κ1) is 13.9. The molecule has 18 heavy (non-hydrogen) atoms. The highest BCUT2D eigenvalue weighted by atomic mass is 79.9. The van der Waals surface area contributed by atoms with E-state index in [9.17, 15) is 0 Å². The molecule has 1 unspecified atom stereocenters. The van der Waals surface area contributed by atoms with E-state index in [4.69, 9.17) is 11.6 Å². The van der Waals surface area contributed by atoms with Crippen LogP contribution in [-0.4, -0.2) is 0 Å². The number of nitrogens with one attached hydrogen (secondary N) is 1. The Hall–Kier alpha value is -0.510. The Bertz CT molecular complexity index is 540. The summed E-state index contributed by atoms with van der Waals surface area (Å²) in [5, 5.41) is 4.19. The lowest BCUT2D eigenvalue weighted by molar-refractivity contribution is 0.878. The maximum absolute atomic E-state index is 5.87. The zero-order chi connectivity index (χ0) is 13.1. The topological polar surface area (TPSA) is 12.0 Å². The van der Waals surface area contributed by atoms with Crippen LogP contribution in [0.15, 0.2) is 51.4 Å². The van der Waals surface area contributed by atoms with Crippen LogP contribution in [-0.2, 0) is 0 Å². The van der Waals surface area contributed by atoms with Crippen LogP contribution in [0.25, 0.3) is 0 Å². The molecule has 0 bridgehead atoms. The maximum Gasteiger partial charge on any atom is 0.0496 e. The van der Waals surface area contributed by atoms with Gasteiger partial charge in [-0.15, -0.1) is 0 Å². The minimum atomic E-state index is 0.216. The molecule has 0 fully saturated rings. The van der Waals surface area contributed by atoms with Gasteiger partial charge < -0.3 is 5.32 Å². The fourth-order valence-corrected chi connectivity index (χ4v) is 3.24. The molecule has 2 rings (SSSR count). The van der Waals surface area contributed by atoms with Gasteiger partial charge in [0.2, 0.25) is 0 Å². The zero-order valence-electron chi connectivity index (χ0n) is 9.75. The van der Waals surface area contributed by atoms with E-state index in [-0.39, 0.29) is 6.04 Å². The molecule has 94 valence electrons. The Morgan fingerprint density at radius 1 is 1.06 bits per heavy atom. The average Bonchev–Trinajstić information content (AvgIpc) is 2.32. The summed E-state index contributed by atoms with van der Waals surface area (Å²) in [6.45, 7) is 2.13. The minimum Gasteiger partial charge on any atom is -0.378 e. The first-order valence-electron chi connectivity index (χ1n) is 5.53. The molecule has 0 aliphatic carbocycles. The summed E-state index contributed by atoms with van der Waals surface area (Å²) in [4.78, 5) is 0. The van der Waals surface area contributed by atoms with Crippen molar-refractivity contribution in [2.75, 3.05) is 5.32 Å². The molecule has 2 aromatic rings. The molecule has 0 heterocycles. The quantitative estimate of drug-likeness (QED) is 0.675. The lowest BCUT2D eigenvalue weighted by Crippen LogP contribution is -2.07. The second kappa shape index (κ2) is 6.09. The molecule has 1 nitrogen and oxygen atoms in total. The Balaban J connectivity index is 2.16. The number of halogens is 3. The molecular weight excluding hydrogens is 377 g/mol. The first-order valence-corrected chi connectivity index (χ1v) is 7.50. The van der Waals surface area contributed by atoms with E-state index in [1.165, 1.54) is 5.56 Å². The fourth-order valence-electron chi connectivity index (χ4n) is 1.73. The largest absolute Gasteiger partial charge is 0.378 e. The van der Waals surface area contributed by atoms with Crippen LogP contribution < -0.4 is 5.32 Å². The molecule has 0 aliphatic rings. The van der Waals surface area contributed by atoms with E-state index in [1.54, 1.807) is 0 Å². The van der Waals surface area contributed by atoms with Crippen molar-refractivity contribution >= 4 is 49.1 Å². The second-order valence-corrected chi connectivity index (χ2v) is 6.25. The Morgan fingerprint density at radius 2 is 1.72 bits per heavy atom. The Labute approximate surface area is 129 Å². The number of benzene rings is 2. The number of hydrogen-bond donors (Lipinski definition) is 1. The third-order valence-electron chi connectivity index (χ3n) is 2.66. The van der Waals surface area contributed by atoms with Gasteiger partial charge in [-0.05, 0) is 48.9 Å². The Kier molecular flexibility index (Phi) is 4.71. The van der Waals surface area contributed by atoms with E-state index >= 15 is 0 Å². The first-order chi connectivity index (χ1) is 8.56. The standard InChI is InChI=1S/C14H12Br2ClN/c1-9(13-7-2-10(15)8-14(13)16)18-12-5-3-11(17)4-6-12/h2-9,18H,1H3. The SMILES string of the molecule is CC(Nc1ccc(Cl)cc1)c1ccc(Br)cc1Br. The normalized spacial score (nSPS) is 12.2. The van der Waals surface area contributed by atoms with Crippen molar-refractivity contribution in [2.45, 2.75) is 13.0 Å². The van der Waals surface area contributed by atoms with Crippen molar-refractivity contribution in [1.82, 2.24) is 0 Å². The summed E-state index contributed by atoms with van der Waals surface area (Å²) in [6, 6.07) is 14.1. The average molecular weight is 390 g/mol. The number of anilines is 1. The number of rotatable bonds is 3. The second-order valence-electron chi connectivity index (χ2n) is 4.04. The van der Waals surface area contributed by atoms with Gasteiger partial charge >= 0.3 is 0 Å². The van der Waals surface area contributed by atoms with Crippen LogP contribution in [0, 0.1) is 0 Å². The monoisotopic (exact) mass is 387 g/mol. The lowest BCUT2D eigenvalue weighted by atomic mass is 10.1. The van der Waals surface area contributed by atoms with E-state index in [2.05, 4.69) is 56.2 Å². The minimum absolute atomic E-state index is 0.216. The summed E-state index contributed by atoms with van der Waals surface area (Å²) in [5.41, 5.74) is 2.27. The molecule has 0 amide bonds. The van der Waals surface area contributed by atoms with Crippen molar-refractivity contribution in [2.24, 2.45) is 0 Å². The highest BCUT2D eigenvalue weighted by Crippen LogP contribution is 2.29. The molecule has 0 spiro atoms. The van der Waals surface area contributed by atoms with E-state index in [1.807, 2.05) is 30.3 Å². The van der Waals surface area contributed by atoms with Gasteiger partial charge in [-0.2, -0.15) is 0 Å². The van der Waals surface area contributed by atoms with Crippen molar-refractivity contribution < 1.29 is 0 Å². The van der Waals surface area contributed by atoms with E-state index in [0.717, 1.165) is 19.7 Å². The summed E-state index contributed by atoms with van der Waals surface area (Å²) in [5.74, 6) is 0. The molecule has 4 heteroatoms. The van der Waals surface area contributed by atoms with E-state index < -0.39 is 0 Å². The van der Waals surface area contributed by atoms with Gasteiger partial charge in [-0.1, -0.05) is 49.5 Å². The van der Waals surface area contributed by atoms with E-state index in [0.29, 0.717) is 0 Å². The van der Waals surface area contributed by atoms with Gasteiger partial charge in [0, 0.05) is 25.7 Å². The molecule has 0 aliphatic heterocycles. The van der Waals surface area contributed by atoms with Crippen molar-refractivity contribution in [1.29, 1.82) is 0 Å². The van der Waals surface area contributed by atoms with Crippen LogP contribution in [0.5, 0.6) is 0 Å². The predicted octanol–water partition coefficient (Wildman–Crippen LogP) is 6.04. The van der Waals surface area contributed by atoms with Gasteiger partial charge in [0.25, 0.3) is 0 Å². The van der Waals surface area contributed by atoms with Crippen LogP contribution in [0.2, 0.25) is 5.02 Å². The van der Waals surface area contributed by atoms with Crippen molar-refractivity contribution in [3.05, 3.63) is 62.0 Å². The maximum atomic E-state index is 5.87. The lowest BCUT2D eigenvalue weighted by Gasteiger charge is -2.17. The Morgan fingerprint density at radius 3 is 2.33 bits per heavy atom. The summed E-state index contributed by atoms with van der Waals surface area (Å²) in [6.07, 6.45) is 0. The van der Waals surface area contributed by atoms with Crippen LogP contribution in [0.1, 0.15) is 18.5 Å². The summed E-state index contributed by atoms with van der Waals surface area (Å²) >= 11 is 12.9. The molecule has 2 aromatic carbocycles. The van der Waals surface area contributed by atoms with Gasteiger partial charge in [-0.25, -0.2) is 0 Å². The van der Waals surface area contributed by atoms with Crippen LogP contribution in [0.4, 0.5) is 5.69 Å². The molecule has 1 N–H and O–H groups in total. The van der Waals surface area contributed by atoms with Crippen molar-refractivity contribution in [3.63, 3.8) is 0 Å². The summed E-state index contributed by atoms with van der Waals surface area (Å²) < 4.78 is 2.16. The molecule has 0 saturated heterocycles. The zero-order valence-corrected chi connectivity index (χ0v) is 13.7. The molecular formula is C14H12Br2ClN. The van der Waals surface area contributed by atoms with Gasteiger partial charge in [0.1, 0.15) is 0 Å². The van der Waals surface area contributed by atoms with Crippen LogP contribution in [0.3, 0.4) is 0 Å². The highest BCUT2D eigenvalue weighted by Gasteiger charge is 2.09. The van der Waals surface area contributed by atoms with Gasteiger partial charge in [0.05, 0.1) is 0 Å². The molecule has 1 atom stereocenters. The van der Waals surface area contributed by atoms with Crippen molar-refractivity contribution in [3.8, 4) is 0 Å². The smallest absolute Gasteiger partial charge is 0.0496 e. The molecule has 0 saturated carbocycles.